The summed E-state index contributed by atoms with van der Waals surface area (Å²) in [6.45, 7) is 5.12. The van der Waals surface area contributed by atoms with Gasteiger partial charge in [0.2, 0.25) is 16.0 Å². The van der Waals surface area contributed by atoms with E-state index < -0.39 is 10.0 Å². The first kappa shape index (κ1) is 28.2. The summed E-state index contributed by atoms with van der Waals surface area (Å²) in [5.74, 6) is 0.484. The number of hydrogen-bond acceptors (Lipinski definition) is 8. The minimum absolute atomic E-state index is 0. The van der Waals surface area contributed by atoms with Crippen molar-refractivity contribution in [3.63, 3.8) is 0 Å². The lowest BCUT2D eigenvalue weighted by Crippen LogP contribution is -2.33. The average Bonchev–Trinajstić information content (AvgIpc) is 3.39. The first-order chi connectivity index (χ1) is 17.8. The number of phenols is 1. The van der Waals surface area contributed by atoms with Crippen LogP contribution < -0.4 is 10.0 Å². The average molecular weight is 620 g/mol. The quantitative estimate of drug-likeness (QED) is 0.252. The number of likely N-dealkylation sites (tertiary alicyclic amines) is 1. The van der Waals surface area contributed by atoms with Gasteiger partial charge in [-0.3, -0.25) is 0 Å². The van der Waals surface area contributed by atoms with Crippen molar-refractivity contribution in [2.45, 2.75) is 24.7 Å². The van der Waals surface area contributed by atoms with Crippen molar-refractivity contribution in [1.82, 2.24) is 24.8 Å². The van der Waals surface area contributed by atoms with Crippen LogP contribution in [0.5, 0.6) is 5.75 Å². The zero-order valence-corrected chi connectivity index (χ0v) is 23.9. The largest absolute Gasteiger partial charge is 0.508 e. The minimum atomic E-state index is -3.58. The summed E-state index contributed by atoms with van der Waals surface area (Å²) >= 11 is 3.53. The number of aromatic hydroxyl groups is 1. The van der Waals surface area contributed by atoms with E-state index in [0.717, 1.165) is 40.8 Å². The summed E-state index contributed by atoms with van der Waals surface area (Å²) in [5, 5.41) is 21.5. The molecule has 12 heteroatoms. The fourth-order valence-corrected chi connectivity index (χ4v) is 5.93. The van der Waals surface area contributed by atoms with Gasteiger partial charge >= 0.3 is 0 Å². The SMILES string of the molecule is Cc1cc(-c2cc(O)ccc2Br)cc2nnc(Nc3ccc(S(=O)(=O)NCCN4CCCC4)cc3)nc12.Cl. The van der Waals surface area contributed by atoms with Gasteiger partial charge in [-0.25, -0.2) is 18.1 Å². The lowest BCUT2D eigenvalue weighted by atomic mass is 10.0. The van der Waals surface area contributed by atoms with Crippen LogP contribution in [0.1, 0.15) is 18.4 Å². The molecule has 1 aliphatic rings. The standard InChI is InChI=1S/C26H27BrN6O3S.ClH/c1-17-14-18(22-16-20(34)6-9-23(22)27)15-24-25(17)30-26(32-31-24)29-19-4-7-21(8-5-19)37(35,36)28-10-13-33-11-2-3-12-33;/h4-9,14-16,28,34H,2-3,10-13H2,1H3,(H,29,30,32);1H. The van der Waals surface area contributed by atoms with Gasteiger partial charge in [0.1, 0.15) is 11.3 Å². The number of benzene rings is 3. The van der Waals surface area contributed by atoms with Gasteiger partial charge in [0.05, 0.1) is 10.4 Å². The molecule has 9 nitrogen and oxygen atoms in total. The number of anilines is 2. The Morgan fingerprint density at radius 2 is 1.76 bits per heavy atom. The smallest absolute Gasteiger partial charge is 0.247 e. The van der Waals surface area contributed by atoms with Crippen molar-refractivity contribution >= 4 is 61.0 Å². The van der Waals surface area contributed by atoms with E-state index >= 15 is 0 Å². The number of sulfonamides is 1. The number of halogens is 2. The minimum Gasteiger partial charge on any atom is -0.508 e. The number of aromatic nitrogens is 3. The number of nitrogens with one attached hydrogen (secondary N) is 2. The Hall–Kier alpha value is -2.83. The molecule has 0 unspecified atom stereocenters. The van der Waals surface area contributed by atoms with Crippen molar-refractivity contribution in [3.05, 3.63) is 64.6 Å². The van der Waals surface area contributed by atoms with Gasteiger partial charge in [0.25, 0.3) is 0 Å². The lowest BCUT2D eigenvalue weighted by Gasteiger charge is -2.15. The van der Waals surface area contributed by atoms with Gasteiger partial charge in [0, 0.05) is 23.2 Å². The maximum Gasteiger partial charge on any atom is 0.247 e. The van der Waals surface area contributed by atoms with E-state index in [1.807, 2.05) is 19.1 Å². The van der Waals surface area contributed by atoms with Crippen molar-refractivity contribution in [1.29, 1.82) is 0 Å². The summed E-state index contributed by atoms with van der Waals surface area (Å²) in [5.41, 5.74) is 4.60. The second kappa shape index (κ2) is 11.9. The Balaban J connectivity index is 0.00000336. The van der Waals surface area contributed by atoms with Crippen LogP contribution in [0.15, 0.2) is 64.0 Å². The maximum absolute atomic E-state index is 12.6. The number of fused-ring (bicyclic) bond motifs is 1. The lowest BCUT2D eigenvalue weighted by molar-refractivity contribution is 0.344. The van der Waals surface area contributed by atoms with Gasteiger partial charge in [-0.15, -0.1) is 22.6 Å². The van der Waals surface area contributed by atoms with E-state index in [4.69, 9.17) is 0 Å². The monoisotopic (exact) mass is 618 g/mol. The van der Waals surface area contributed by atoms with E-state index in [1.165, 1.54) is 12.8 Å². The molecule has 1 aliphatic heterocycles. The molecule has 0 saturated carbocycles. The van der Waals surface area contributed by atoms with E-state index in [1.54, 1.807) is 42.5 Å². The molecule has 4 aromatic rings. The molecule has 0 aliphatic carbocycles. The molecule has 1 aromatic heterocycles. The third kappa shape index (κ3) is 6.41. The van der Waals surface area contributed by atoms with Crippen LogP contribution in [0.2, 0.25) is 0 Å². The summed E-state index contributed by atoms with van der Waals surface area (Å²) in [6, 6.07) is 15.4. The molecule has 38 heavy (non-hydrogen) atoms. The Bertz CT molecular complexity index is 1550. The van der Waals surface area contributed by atoms with E-state index in [-0.39, 0.29) is 23.1 Å². The Kier molecular flexibility index (Phi) is 8.84. The molecular formula is C26H28BrClN6O3S. The summed E-state index contributed by atoms with van der Waals surface area (Å²) < 4.78 is 28.8. The molecular weight excluding hydrogens is 592 g/mol. The zero-order chi connectivity index (χ0) is 26.0. The van der Waals surface area contributed by atoms with Gasteiger partial charge in [-0.2, -0.15) is 0 Å². The Morgan fingerprint density at radius 1 is 1.03 bits per heavy atom. The van der Waals surface area contributed by atoms with Crippen LogP contribution >= 0.6 is 28.3 Å². The van der Waals surface area contributed by atoms with Crippen LogP contribution in [-0.4, -0.2) is 59.8 Å². The Labute approximate surface area is 236 Å². The van der Waals surface area contributed by atoms with E-state index in [2.05, 4.69) is 46.1 Å². The molecule has 0 bridgehead atoms. The second-order valence-corrected chi connectivity index (χ2v) is 11.7. The highest BCUT2D eigenvalue weighted by molar-refractivity contribution is 9.10. The molecule has 1 fully saturated rings. The van der Waals surface area contributed by atoms with Gasteiger partial charge in [-0.1, -0.05) is 15.9 Å². The molecule has 200 valence electrons. The van der Waals surface area contributed by atoms with Crippen LogP contribution in [0.25, 0.3) is 22.2 Å². The third-order valence-electron chi connectivity index (χ3n) is 6.35. The highest BCUT2D eigenvalue weighted by Gasteiger charge is 2.16. The van der Waals surface area contributed by atoms with Crippen LogP contribution in [0.4, 0.5) is 11.6 Å². The van der Waals surface area contributed by atoms with Crippen molar-refractivity contribution < 1.29 is 13.5 Å². The number of nitrogens with zero attached hydrogens (tertiary/aromatic N) is 4. The highest BCUT2D eigenvalue weighted by atomic mass is 79.9. The van der Waals surface area contributed by atoms with Gasteiger partial charge < -0.3 is 15.3 Å². The molecule has 0 atom stereocenters. The molecule has 0 spiro atoms. The van der Waals surface area contributed by atoms with Crippen molar-refractivity contribution in [2.24, 2.45) is 0 Å². The molecule has 3 N–H and O–H groups in total. The van der Waals surface area contributed by atoms with Crippen molar-refractivity contribution in [2.75, 3.05) is 31.5 Å². The van der Waals surface area contributed by atoms with E-state index in [0.29, 0.717) is 29.2 Å². The fourth-order valence-electron chi connectivity index (χ4n) is 4.43. The number of aryl methyl sites for hydroxylation is 1. The fraction of sp³-hybridized carbons (Fsp3) is 0.269. The Morgan fingerprint density at radius 3 is 2.50 bits per heavy atom. The summed E-state index contributed by atoms with van der Waals surface area (Å²) in [6.07, 6.45) is 2.35. The van der Waals surface area contributed by atoms with Crippen LogP contribution in [0, 0.1) is 6.92 Å². The predicted molar refractivity (Wildman–Crippen MR) is 155 cm³/mol. The van der Waals surface area contributed by atoms with Crippen molar-refractivity contribution in [3.8, 4) is 16.9 Å². The number of phenolic OH excluding ortho intramolecular Hbond substituents is 1. The first-order valence-corrected chi connectivity index (χ1v) is 14.3. The summed E-state index contributed by atoms with van der Waals surface area (Å²) in [4.78, 5) is 7.09. The predicted octanol–water partition coefficient (Wildman–Crippen LogP) is 5.01. The molecule has 2 heterocycles. The molecule has 0 amide bonds. The first-order valence-electron chi connectivity index (χ1n) is 12.0. The van der Waals surface area contributed by atoms with Crippen LogP contribution in [0.3, 0.4) is 0 Å². The zero-order valence-electron chi connectivity index (χ0n) is 20.7. The highest BCUT2D eigenvalue weighted by Crippen LogP contribution is 2.34. The van der Waals surface area contributed by atoms with Gasteiger partial charge in [-0.05, 0) is 104 Å². The molecule has 3 aromatic carbocycles. The second-order valence-electron chi connectivity index (χ2n) is 9.06. The number of hydrogen-bond donors (Lipinski definition) is 3. The molecule has 1 saturated heterocycles. The third-order valence-corrected chi connectivity index (χ3v) is 8.52. The molecule has 5 rings (SSSR count). The maximum atomic E-state index is 12.6. The molecule has 0 radical (unpaired) electrons. The topological polar surface area (TPSA) is 120 Å². The summed E-state index contributed by atoms with van der Waals surface area (Å²) in [7, 11) is -3.58. The van der Waals surface area contributed by atoms with Gasteiger partial charge in [0.15, 0.2) is 0 Å². The number of rotatable bonds is 8. The van der Waals surface area contributed by atoms with Crippen LogP contribution in [-0.2, 0) is 10.0 Å². The van der Waals surface area contributed by atoms with E-state index in [9.17, 15) is 13.5 Å². The normalized spacial score (nSPS) is 13.9.